The van der Waals surface area contributed by atoms with Gasteiger partial charge in [0.2, 0.25) is 5.43 Å². The largest absolute Gasteiger partial charge is 0.496 e. The molecule has 0 unspecified atom stereocenters. The van der Waals surface area contributed by atoms with Crippen LogP contribution in [0, 0.1) is 0 Å². The first-order valence-electron chi connectivity index (χ1n) is 10.4. The number of fused-ring (bicyclic) bond motifs is 2. The maximum atomic E-state index is 13.6. The van der Waals surface area contributed by atoms with E-state index in [0.717, 1.165) is 0 Å². The van der Waals surface area contributed by atoms with Gasteiger partial charge in [-0.05, 0) is 6.07 Å². The Hall–Kier alpha value is -3.09. The Morgan fingerprint density at radius 3 is 2.03 bits per heavy atom. The molecular formula is C23H26O11. The minimum atomic E-state index is -1.63. The van der Waals surface area contributed by atoms with Gasteiger partial charge in [0.15, 0.2) is 11.5 Å². The number of rotatable bonds is 6. The van der Waals surface area contributed by atoms with Crippen molar-refractivity contribution >= 4 is 21.9 Å². The lowest BCUT2D eigenvalue weighted by atomic mass is 9.89. The fourth-order valence-electron chi connectivity index (χ4n) is 4.29. The number of methoxy groups -OCH3 is 4. The number of aliphatic hydroxyl groups is 4. The van der Waals surface area contributed by atoms with Crippen LogP contribution in [0.2, 0.25) is 0 Å². The average Bonchev–Trinajstić information content (AvgIpc) is 2.85. The van der Waals surface area contributed by atoms with Crippen LogP contribution in [0.15, 0.2) is 27.4 Å². The first kappa shape index (κ1) is 24.0. The van der Waals surface area contributed by atoms with Crippen LogP contribution < -0.4 is 24.4 Å². The Balaban J connectivity index is 2.04. The number of benzene rings is 2. The minimum absolute atomic E-state index is 0.0101. The van der Waals surface area contributed by atoms with Crippen molar-refractivity contribution in [1.82, 2.24) is 0 Å². The van der Waals surface area contributed by atoms with Gasteiger partial charge in [0.05, 0.1) is 46.0 Å². The standard InChI is InChI=1S/C23H26O11/c1-29-11-5-9-10(6-12(11)30-2)33-14-7-13(31-3)17(22(32-4)16(14)18(9)25)23-21(28)20(27)19(26)15(8-24)34-23/h5-7,15,19-21,23-24,26-28H,8H2,1-4H3/t15-,19-,20+,21-,23+/m1/s1. The van der Waals surface area contributed by atoms with Crippen molar-refractivity contribution in [2.24, 2.45) is 0 Å². The van der Waals surface area contributed by atoms with Crippen molar-refractivity contribution in [2.75, 3.05) is 35.0 Å². The third kappa shape index (κ3) is 3.62. The molecule has 3 aromatic rings. The highest BCUT2D eigenvalue weighted by atomic mass is 16.5. The fourth-order valence-corrected chi connectivity index (χ4v) is 4.29. The Labute approximate surface area is 193 Å². The van der Waals surface area contributed by atoms with Crippen molar-refractivity contribution in [2.45, 2.75) is 30.5 Å². The van der Waals surface area contributed by atoms with E-state index in [4.69, 9.17) is 28.1 Å². The molecule has 0 spiro atoms. The second-order valence-electron chi connectivity index (χ2n) is 7.78. The molecule has 0 saturated carbocycles. The zero-order chi connectivity index (χ0) is 24.7. The summed E-state index contributed by atoms with van der Waals surface area (Å²) < 4.78 is 33.3. The second-order valence-corrected chi connectivity index (χ2v) is 7.78. The van der Waals surface area contributed by atoms with Gasteiger partial charge in [-0.3, -0.25) is 4.79 Å². The van der Waals surface area contributed by atoms with Crippen LogP contribution in [0.3, 0.4) is 0 Å². The lowest BCUT2D eigenvalue weighted by Gasteiger charge is -2.40. The highest BCUT2D eigenvalue weighted by Gasteiger charge is 2.46. The normalized spacial score (nSPS) is 24.9. The van der Waals surface area contributed by atoms with Gasteiger partial charge in [-0.1, -0.05) is 0 Å². The number of aliphatic hydroxyl groups excluding tert-OH is 4. The molecule has 1 aliphatic heterocycles. The molecular weight excluding hydrogens is 452 g/mol. The monoisotopic (exact) mass is 478 g/mol. The van der Waals surface area contributed by atoms with E-state index in [1.54, 1.807) is 0 Å². The number of hydrogen-bond donors (Lipinski definition) is 4. The van der Waals surface area contributed by atoms with Crippen molar-refractivity contribution in [3.05, 3.63) is 34.0 Å². The Kier molecular flexibility index (Phi) is 6.56. The zero-order valence-corrected chi connectivity index (χ0v) is 19.0. The molecule has 2 heterocycles. The van der Waals surface area contributed by atoms with Crippen LogP contribution in [0.1, 0.15) is 11.7 Å². The summed E-state index contributed by atoms with van der Waals surface area (Å²) >= 11 is 0. The molecule has 1 fully saturated rings. The summed E-state index contributed by atoms with van der Waals surface area (Å²) in [5.41, 5.74) is 0.0238. The van der Waals surface area contributed by atoms with Gasteiger partial charge >= 0.3 is 0 Å². The van der Waals surface area contributed by atoms with Gasteiger partial charge in [0.1, 0.15) is 58.6 Å². The van der Waals surface area contributed by atoms with Crippen LogP contribution in [0.25, 0.3) is 21.9 Å². The molecule has 1 saturated heterocycles. The summed E-state index contributed by atoms with van der Waals surface area (Å²) in [6.07, 6.45) is -7.27. The van der Waals surface area contributed by atoms with Crippen LogP contribution in [0.5, 0.6) is 23.0 Å². The maximum Gasteiger partial charge on any atom is 0.204 e. The van der Waals surface area contributed by atoms with Crippen LogP contribution in [-0.2, 0) is 4.74 Å². The number of hydrogen-bond acceptors (Lipinski definition) is 11. The van der Waals surface area contributed by atoms with E-state index in [1.165, 1.54) is 46.6 Å². The van der Waals surface area contributed by atoms with Crippen molar-refractivity contribution in [3.63, 3.8) is 0 Å². The van der Waals surface area contributed by atoms with Gasteiger partial charge in [-0.15, -0.1) is 0 Å². The highest BCUT2D eigenvalue weighted by molar-refractivity contribution is 5.96. The van der Waals surface area contributed by atoms with Crippen molar-refractivity contribution < 1.29 is 48.5 Å². The van der Waals surface area contributed by atoms with Crippen molar-refractivity contribution in [3.8, 4) is 23.0 Å². The quantitative estimate of drug-likeness (QED) is 0.366. The van der Waals surface area contributed by atoms with Gasteiger partial charge in [-0.2, -0.15) is 0 Å². The average molecular weight is 478 g/mol. The van der Waals surface area contributed by atoms with E-state index < -0.39 is 42.6 Å². The van der Waals surface area contributed by atoms with Crippen molar-refractivity contribution in [1.29, 1.82) is 0 Å². The van der Waals surface area contributed by atoms with Crippen LogP contribution in [-0.4, -0.2) is 79.9 Å². The lowest BCUT2D eigenvalue weighted by molar-refractivity contribution is -0.232. The summed E-state index contributed by atoms with van der Waals surface area (Å²) in [4.78, 5) is 13.6. The number of ether oxygens (including phenoxy) is 5. The van der Waals surface area contributed by atoms with Crippen LogP contribution >= 0.6 is 0 Å². The highest BCUT2D eigenvalue weighted by Crippen LogP contribution is 2.46. The first-order chi connectivity index (χ1) is 16.3. The third-order valence-electron chi connectivity index (χ3n) is 6.02. The maximum absolute atomic E-state index is 13.6. The zero-order valence-electron chi connectivity index (χ0n) is 19.0. The van der Waals surface area contributed by atoms with E-state index >= 15 is 0 Å². The van der Waals surface area contributed by atoms with E-state index in [0.29, 0.717) is 11.5 Å². The van der Waals surface area contributed by atoms with Gasteiger partial charge in [0.25, 0.3) is 0 Å². The molecule has 34 heavy (non-hydrogen) atoms. The molecule has 5 atom stereocenters. The molecule has 0 radical (unpaired) electrons. The molecule has 1 aromatic heterocycles. The smallest absolute Gasteiger partial charge is 0.204 e. The molecule has 11 nitrogen and oxygen atoms in total. The molecule has 0 aliphatic carbocycles. The Morgan fingerprint density at radius 2 is 1.44 bits per heavy atom. The van der Waals surface area contributed by atoms with Gasteiger partial charge < -0.3 is 48.5 Å². The SMILES string of the molecule is COc1cc2oc3cc(OC)c([C@@H]4O[C@H](CO)[C@@H](O)[C@H](O)[C@H]4O)c(OC)c3c(=O)c2cc1OC. The predicted molar refractivity (Wildman–Crippen MR) is 119 cm³/mol. The van der Waals surface area contributed by atoms with Crippen LogP contribution in [0.4, 0.5) is 0 Å². The molecule has 184 valence electrons. The summed E-state index contributed by atoms with van der Waals surface area (Å²) in [5, 5.41) is 41.0. The molecule has 0 bridgehead atoms. The predicted octanol–water partition coefficient (Wildman–Crippen LogP) is 0.495. The minimum Gasteiger partial charge on any atom is -0.496 e. The lowest BCUT2D eigenvalue weighted by Crippen LogP contribution is -2.55. The van der Waals surface area contributed by atoms with E-state index in [1.807, 2.05) is 0 Å². The van der Waals surface area contributed by atoms with E-state index in [-0.39, 0.29) is 39.0 Å². The Bertz CT molecular complexity index is 1270. The summed E-state index contributed by atoms with van der Waals surface area (Å²) in [6.45, 7) is -0.617. The molecule has 1 aliphatic rings. The molecule has 4 rings (SSSR count). The fraction of sp³-hybridized carbons (Fsp3) is 0.435. The molecule has 4 N–H and O–H groups in total. The summed E-state index contributed by atoms with van der Waals surface area (Å²) in [6, 6.07) is 4.45. The summed E-state index contributed by atoms with van der Waals surface area (Å²) in [5.74, 6) is 0.818. The van der Waals surface area contributed by atoms with Gasteiger partial charge in [-0.25, -0.2) is 0 Å². The third-order valence-corrected chi connectivity index (χ3v) is 6.02. The van der Waals surface area contributed by atoms with Gasteiger partial charge in [0, 0.05) is 12.1 Å². The molecule has 11 heteroatoms. The van der Waals surface area contributed by atoms with E-state index in [9.17, 15) is 25.2 Å². The summed E-state index contributed by atoms with van der Waals surface area (Å²) in [7, 11) is 5.58. The Morgan fingerprint density at radius 1 is 0.824 bits per heavy atom. The van der Waals surface area contributed by atoms with E-state index in [2.05, 4.69) is 0 Å². The first-order valence-corrected chi connectivity index (χ1v) is 10.4. The second kappa shape index (κ2) is 9.28. The molecule has 0 amide bonds. The molecule has 2 aromatic carbocycles. The topological polar surface area (TPSA) is 157 Å².